The molecule has 133 heavy (non-hydrogen) atoms. The van der Waals surface area contributed by atoms with Crippen molar-refractivity contribution in [1.82, 2.24) is 115 Å². The molecule has 0 bridgehead atoms. The number of para-hydroxylation sites is 3. The molecule has 0 spiro atoms. The van der Waals surface area contributed by atoms with Crippen LogP contribution in [0.25, 0.3) is 32.7 Å². The first-order valence-electron chi connectivity index (χ1n) is 42.1. The number of aliphatic carboxylic acids is 2. The number of likely N-dealkylation sites (tertiary alicyclic amines) is 2. The van der Waals surface area contributed by atoms with Gasteiger partial charge < -0.3 is 147 Å². The molecule has 0 saturated carbocycles. The molecule has 2 saturated heterocycles. The van der Waals surface area contributed by atoms with Gasteiger partial charge in [0, 0.05) is 102 Å². The molecule has 718 valence electrons. The van der Waals surface area contributed by atoms with E-state index >= 15 is 0 Å². The first-order chi connectivity index (χ1) is 63.5. The molecule has 8 rings (SSSR count). The summed E-state index contributed by atoms with van der Waals surface area (Å²) in [5, 5.41) is 89.5. The zero-order valence-electron chi connectivity index (χ0n) is 72.0. The number of nitrogens with one attached hydrogen (secondary N) is 21. The maximum atomic E-state index is 14.6. The number of nitrogens with two attached hydrogens (primary N) is 2. The molecule has 2 aliphatic heterocycles. The quantitative estimate of drug-likeness (QED) is 0.00730. The number of carbonyl (C=O) groups is 20. The normalized spacial score (nSPS) is 15.6. The molecular weight excluding hydrogens is 1780 g/mol. The Balaban J connectivity index is 0.876. The van der Waals surface area contributed by atoms with Crippen LogP contribution in [0.3, 0.4) is 0 Å². The first-order valence-corrected chi connectivity index (χ1v) is 43.3. The van der Waals surface area contributed by atoms with Crippen molar-refractivity contribution in [3.63, 3.8) is 0 Å². The summed E-state index contributed by atoms with van der Waals surface area (Å²) in [5.41, 5.74) is 14.6. The van der Waals surface area contributed by atoms with Gasteiger partial charge in [-0.25, -0.2) is 0 Å². The smallest absolute Gasteiger partial charge is 0.322 e. The number of guanidine groups is 1. The number of fused-ring (bicyclic) bond motifs is 3. The third-order valence-electron chi connectivity index (χ3n) is 21.3. The van der Waals surface area contributed by atoms with E-state index in [9.17, 15) is 111 Å². The van der Waals surface area contributed by atoms with E-state index in [4.69, 9.17) is 22.0 Å². The van der Waals surface area contributed by atoms with Gasteiger partial charge in [-0.15, -0.1) is 0 Å². The number of hydrogen-bond acceptors (Lipinski definition) is 26. The van der Waals surface area contributed by atoms with Crippen LogP contribution in [-0.2, 0) is 115 Å². The molecule has 2 fully saturated rings. The Morgan fingerprint density at radius 2 is 0.797 bits per heavy atom. The second-order valence-electron chi connectivity index (χ2n) is 30.9. The van der Waals surface area contributed by atoms with Crippen LogP contribution in [0.1, 0.15) is 68.6 Å². The fourth-order valence-corrected chi connectivity index (χ4v) is 15.0. The number of benzene rings is 3. The standard InChI is InChI=1S/C82H109N25O24S2/c1-41(109)70(81(131)104-57(39-132)74(124)93-32-63(112)91-31-62(111)92-37-69(119)120)105-75(125)51(17-8-20-86-82(84)85)99-77(127)56(38-108)102-78(128)58(40-133)103-76(126)55(26-68(117)118)98-65(114)34-94-72(122)53(24-43-29-88-49-15-6-3-12-46(43)49)100-79(129)59-18-9-22-107(59)67(116)36-96-73(123)54(25-44-30-89-50-16-7-4-13-47(44)50)101-80(130)60-19-10-21-106(60)66(115)35-95-71(121)52(97-64(113)33-90-61(110)27-83)23-42-28-87-48-14-5-2-11-45(42)48/h2-7,11-16,28-30,41,51-60,70,87-89,108-109,132-133H,8-10,17-27,31-40,83H2,1H3,(H,90,110)(H,91,112)(H,92,111)(H,93,124)(H,94,122)(H,95,121)(H,96,123)(H,97,113)(H,98,114)(H,99,127)(H,100,129)(H,101,130)(H,102,128)(H,103,126)(H,104,131)(H,105,125)(H,117,118)(H,119,120)(H4,84,85,86)/t41-,51+,52+,53+,54+,55+,56+,57+,58+,59+,60+,70+/m1/s1. The van der Waals surface area contributed by atoms with E-state index in [1.165, 1.54) is 9.80 Å². The van der Waals surface area contributed by atoms with Gasteiger partial charge in [-0.2, -0.15) is 25.3 Å². The monoisotopic (exact) mass is 1890 g/mol. The fourth-order valence-electron chi connectivity index (χ4n) is 14.5. The number of aromatic nitrogens is 3. The Morgan fingerprint density at radius 3 is 1.24 bits per heavy atom. The van der Waals surface area contributed by atoms with Gasteiger partial charge in [0.2, 0.25) is 106 Å². The maximum absolute atomic E-state index is 14.6. The highest BCUT2D eigenvalue weighted by atomic mass is 32.1. The van der Waals surface area contributed by atoms with Gasteiger partial charge in [-0.05, 0) is 80.3 Å². The molecule has 2 aliphatic rings. The van der Waals surface area contributed by atoms with E-state index in [-0.39, 0.29) is 77.5 Å². The van der Waals surface area contributed by atoms with E-state index in [0.29, 0.717) is 44.9 Å². The molecule has 49 nitrogen and oxygen atoms in total. The van der Waals surface area contributed by atoms with Crippen LogP contribution in [-0.4, -0.2) is 332 Å². The number of aliphatic hydroxyl groups excluding tert-OH is 2. The first kappa shape index (κ1) is 104. The topological polar surface area (TPSA) is 757 Å². The highest BCUT2D eigenvalue weighted by Gasteiger charge is 2.41. The summed E-state index contributed by atoms with van der Waals surface area (Å²) in [4.78, 5) is 280. The van der Waals surface area contributed by atoms with Crippen molar-refractivity contribution in [2.75, 3.05) is 90.1 Å². The largest absolute Gasteiger partial charge is 0.481 e. The summed E-state index contributed by atoms with van der Waals surface area (Å²) in [6.45, 7) is -5.47. The lowest BCUT2D eigenvalue weighted by molar-refractivity contribution is -0.141. The van der Waals surface area contributed by atoms with Crippen LogP contribution in [0.5, 0.6) is 0 Å². The Morgan fingerprint density at radius 1 is 0.429 bits per heavy atom. The van der Waals surface area contributed by atoms with Crippen LogP contribution >= 0.6 is 25.3 Å². The maximum Gasteiger partial charge on any atom is 0.322 e. The summed E-state index contributed by atoms with van der Waals surface area (Å²) >= 11 is 8.18. The number of carboxylic acids is 2. The number of thiol groups is 2. The van der Waals surface area contributed by atoms with E-state index in [1.54, 1.807) is 73.2 Å². The minimum Gasteiger partial charge on any atom is -0.481 e. The molecule has 51 heteroatoms. The van der Waals surface area contributed by atoms with Crippen molar-refractivity contribution in [3.05, 3.63) is 108 Å². The summed E-state index contributed by atoms with van der Waals surface area (Å²) in [6.07, 6.45) is 2.03. The van der Waals surface area contributed by atoms with Crippen molar-refractivity contribution in [2.24, 2.45) is 11.5 Å². The molecule has 18 amide bonds. The van der Waals surface area contributed by atoms with Crippen molar-refractivity contribution >= 4 is 182 Å². The average molecular weight is 1890 g/mol. The molecule has 6 aromatic rings. The van der Waals surface area contributed by atoms with Gasteiger partial charge in [0.15, 0.2) is 5.96 Å². The lowest BCUT2D eigenvalue weighted by Crippen LogP contribution is -2.62. The number of hydrogen-bond donors (Lipinski definition) is 29. The Kier molecular flexibility index (Phi) is 40.0. The van der Waals surface area contributed by atoms with Crippen LogP contribution in [0.15, 0.2) is 91.4 Å². The predicted octanol–water partition coefficient (Wildman–Crippen LogP) is -9.67. The van der Waals surface area contributed by atoms with Gasteiger partial charge in [-0.1, -0.05) is 54.6 Å². The average Bonchev–Trinajstić information content (AvgIpc) is 1.70. The zero-order valence-corrected chi connectivity index (χ0v) is 73.7. The molecule has 29 N–H and O–H groups in total. The highest BCUT2D eigenvalue weighted by molar-refractivity contribution is 7.80. The number of rotatable bonds is 51. The van der Waals surface area contributed by atoms with Crippen molar-refractivity contribution in [1.29, 1.82) is 5.41 Å². The highest BCUT2D eigenvalue weighted by Crippen LogP contribution is 2.25. The molecule has 3 aromatic heterocycles. The summed E-state index contributed by atoms with van der Waals surface area (Å²) in [5.74, 6) is -21.7. The van der Waals surface area contributed by atoms with E-state index in [2.05, 4.69) is 125 Å². The number of amides is 18. The van der Waals surface area contributed by atoms with Crippen LogP contribution in [0, 0.1) is 5.41 Å². The van der Waals surface area contributed by atoms with Gasteiger partial charge >= 0.3 is 11.9 Å². The molecule has 12 atom stereocenters. The van der Waals surface area contributed by atoms with Crippen LogP contribution in [0.4, 0.5) is 0 Å². The second-order valence-corrected chi connectivity index (χ2v) is 31.7. The number of nitrogens with zero attached hydrogens (tertiary/aromatic N) is 2. The van der Waals surface area contributed by atoms with Gasteiger partial charge in [0.25, 0.3) is 0 Å². The number of aromatic amines is 3. The lowest BCUT2D eigenvalue weighted by atomic mass is 10.0. The second kappa shape index (κ2) is 51.2. The Hall–Kier alpha value is -14.5. The zero-order chi connectivity index (χ0) is 97.1. The van der Waals surface area contributed by atoms with Crippen molar-refractivity contribution < 1.29 is 116 Å². The van der Waals surface area contributed by atoms with Gasteiger partial charge in [0.1, 0.15) is 73.0 Å². The minimum absolute atomic E-state index is 0.00546. The van der Waals surface area contributed by atoms with Crippen LogP contribution < -0.4 is 102 Å². The number of H-pyrrole nitrogens is 3. The summed E-state index contributed by atoms with van der Waals surface area (Å²) in [6, 6.07) is 3.82. The molecule has 3 aromatic carbocycles. The SMILES string of the molecule is C[C@@H](O)[C@H](NC(=O)[C@H](CCCNC(=N)N)NC(=O)[C@H](CO)NC(=O)[C@H](CS)NC(=O)[C@H](CC(=O)O)NC(=O)CNC(=O)[C@H](Cc1c[nH]c2ccccc12)NC(=O)[C@@H]1CCCN1C(=O)CNC(=O)[C@H](Cc1c[nH]c2ccccc12)NC(=O)[C@@H]1CCCN1C(=O)CNC(=O)[C@H](Cc1c[nH]c2ccccc12)NC(=O)CNC(=O)CN)C(=O)N[C@@H](CS)C(=O)NCC(=O)NCC(=O)NCC(=O)O. The van der Waals surface area contributed by atoms with Gasteiger partial charge in [0.05, 0.1) is 64.9 Å². The number of carboxylic acid groups (broad SMARTS) is 2. The molecule has 0 unspecified atom stereocenters. The van der Waals surface area contributed by atoms with E-state index in [0.717, 1.165) is 17.8 Å². The van der Waals surface area contributed by atoms with Crippen LogP contribution in [0.2, 0.25) is 0 Å². The molecule has 5 heterocycles. The van der Waals surface area contributed by atoms with Gasteiger partial charge in [-0.3, -0.25) is 101 Å². The molecule has 0 aliphatic carbocycles. The summed E-state index contributed by atoms with van der Waals surface area (Å²) < 4.78 is 0. The van der Waals surface area contributed by atoms with E-state index in [1.807, 2.05) is 23.5 Å². The third kappa shape index (κ3) is 31.4. The van der Waals surface area contributed by atoms with Crippen molar-refractivity contribution in [3.8, 4) is 0 Å². The Bertz CT molecular complexity index is 5280. The fraction of sp³-hybridized carbons (Fsp3) is 0.451. The van der Waals surface area contributed by atoms with Crippen molar-refractivity contribution in [2.45, 2.75) is 144 Å². The number of aliphatic hydroxyl groups is 2. The molecular formula is C82H109N25O24S2. The predicted molar refractivity (Wildman–Crippen MR) is 478 cm³/mol. The summed E-state index contributed by atoms with van der Waals surface area (Å²) in [7, 11) is 0. The van der Waals surface area contributed by atoms with E-state index < -0.39 is 267 Å². The Labute approximate surface area is 768 Å². The minimum atomic E-state index is -2.02. The lowest BCUT2D eigenvalue weighted by Gasteiger charge is -2.28. The number of carbonyl (C=O) groups excluding carboxylic acids is 18. The molecule has 0 radical (unpaired) electrons. The third-order valence-corrected chi connectivity index (χ3v) is 22.0.